The minimum Gasteiger partial charge on any atom is -0.395 e. The molecule has 112 valence electrons. The monoisotopic (exact) mass is 333 g/mol. The van der Waals surface area contributed by atoms with Crippen LogP contribution in [0.4, 0.5) is 0 Å². The van der Waals surface area contributed by atoms with Crippen LogP contribution in [-0.2, 0) is 9.84 Å². The number of allylic oxidation sites excluding steroid dienone is 1. The normalized spacial score (nSPS) is 15.1. The van der Waals surface area contributed by atoms with Gasteiger partial charge in [0.2, 0.25) is 5.78 Å². The van der Waals surface area contributed by atoms with Crippen molar-refractivity contribution in [3.05, 3.63) is 64.2 Å². The van der Waals surface area contributed by atoms with E-state index in [0.717, 1.165) is 11.3 Å². The molecule has 0 aliphatic heterocycles. The lowest BCUT2D eigenvalue weighted by molar-refractivity contribution is 0.0974. The summed E-state index contributed by atoms with van der Waals surface area (Å²) in [6.45, 7) is 0. The van der Waals surface area contributed by atoms with Gasteiger partial charge in [-0.25, -0.2) is 8.42 Å². The largest absolute Gasteiger partial charge is 0.395 e. The summed E-state index contributed by atoms with van der Waals surface area (Å²) in [7, 11) is -3.70. The van der Waals surface area contributed by atoms with Crippen LogP contribution in [0.25, 0.3) is 0 Å². The molecule has 0 unspecified atom stereocenters. The van der Waals surface area contributed by atoms with Crippen molar-refractivity contribution in [2.45, 2.75) is 4.21 Å². The summed E-state index contributed by atoms with van der Waals surface area (Å²) in [6.07, 6.45) is 0. The fraction of sp³-hybridized carbons (Fsp3) is 0.0667. The first-order valence-corrected chi connectivity index (χ1v) is 8.88. The Morgan fingerprint density at radius 2 is 1.59 bits per heavy atom. The fourth-order valence-corrected chi connectivity index (χ4v) is 4.76. The van der Waals surface area contributed by atoms with Gasteiger partial charge in [0.05, 0.1) is 11.4 Å². The fourth-order valence-electron chi connectivity index (χ4n) is 2.29. The molecule has 0 amide bonds. The first-order chi connectivity index (χ1) is 10.4. The van der Waals surface area contributed by atoms with Crippen molar-refractivity contribution in [1.82, 2.24) is 0 Å². The number of fused-ring (bicyclic) bond motifs is 1. The van der Waals surface area contributed by atoms with Crippen LogP contribution in [0.1, 0.15) is 20.7 Å². The van der Waals surface area contributed by atoms with Crippen molar-refractivity contribution in [3.63, 3.8) is 0 Å². The zero-order valence-corrected chi connectivity index (χ0v) is 12.9. The van der Waals surface area contributed by atoms with Gasteiger partial charge in [0.25, 0.3) is 0 Å². The number of rotatable bonds is 3. The number of nitrogens with two attached hydrogens (primary N) is 1. The zero-order chi connectivity index (χ0) is 15.9. The van der Waals surface area contributed by atoms with E-state index in [1.165, 1.54) is 18.2 Å². The molecule has 5 nitrogen and oxygen atoms in total. The van der Waals surface area contributed by atoms with Crippen molar-refractivity contribution >= 4 is 32.7 Å². The number of sulfone groups is 1. The Hall–Kier alpha value is -2.25. The van der Waals surface area contributed by atoms with Crippen LogP contribution < -0.4 is 5.73 Å². The first kappa shape index (κ1) is 14.7. The molecule has 0 atom stereocenters. The van der Waals surface area contributed by atoms with Gasteiger partial charge in [0.1, 0.15) is 4.21 Å². The van der Waals surface area contributed by atoms with E-state index < -0.39 is 27.2 Å². The number of hydrogen-bond donors (Lipinski definition) is 1. The van der Waals surface area contributed by atoms with E-state index in [1.807, 2.05) is 0 Å². The van der Waals surface area contributed by atoms with Crippen molar-refractivity contribution < 1.29 is 18.0 Å². The molecular weight excluding hydrogens is 322 g/mol. The molecule has 2 aromatic rings. The zero-order valence-electron chi connectivity index (χ0n) is 11.3. The van der Waals surface area contributed by atoms with Gasteiger partial charge >= 0.3 is 0 Å². The molecule has 1 aromatic heterocycles. The molecule has 1 aliphatic rings. The van der Waals surface area contributed by atoms with Crippen molar-refractivity contribution in [1.29, 1.82) is 0 Å². The van der Waals surface area contributed by atoms with E-state index in [4.69, 9.17) is 5.73 Å². The number of hydrogen-bond acceptors (Lipinski definition) is 6. The highest BCUT2D eigenvalue weighted by Crippen LogP contribution is 2.27. The van der Waals surface area contributed by atoms with Crippen molar-refractivity contribution in [2.24, 2.45) is 5.73 Å². The second-order valence-electron chi connectivity index (χ2n) is 4.79. The minimum absolute atomic E-state index is 0.145. The molecule has 0 spiro atoms. The molecule has 0 fully saturated rings. The van der Waals surface area contributed by atoms with Gasteiger partial charge in [-0.3, -0.25) is 9.59 Å². The van der Waals surface area contributed by atoms with Gasteiger partial charge < -0.3 is 5.73 Å². The van der Waals surface area contributed by atoms with Gasteiger partial charge in [-0.15, -0.1) is 11.3 Å². The smallest absolute Gasteiger partial charge is 0.209 e. The number of Topliss-reactive ketones (excluding diaryl/α,β-unsaturated/α-hetero) is 2. The molecule has 3 rings (SSSR count). The molecule has 1 aromatic carbocycles. The predicted octanol–water partition coefficient (Wildman–Crippen LogP) is 1.81. The lowest BCUT2D eigenvalue weighted by Gasteiger charge is -2.18. The standard InChI is InChI=1S/C15H11NO4S2/c16-13-11(8-22(19,20)12-6-3-7-21-12)14(17)9-4-1-2-5-10(9)15(13)18/h1-7H,8,16H2. The highest BCUT2D eigenvalue weighted by molar-refractivity contribution is 7.93. The first-order valence-electron chi connectivity index (χ1n) is 6.35. The quantitative estimate of drug-likeness (QED) is 0.924. The molecule has 7 heteroatoms. The van der Waals surface area contributed by atoms with Crippen LogP contribution in [0.5, 0.6) is 0 Å². The van der Waals surface area contributed by atoms with Gasteiger partial charge in [-0.05, 0) is 11.4 Å². The third kappa shape index (κ3) is 2.28. The van der Waals surface area contributed by atoms with Gasteiger partial charge in [-0.2, -0.15) is 0 Å². The Labute approximate surface area is 131 Å². The molecule has 0 saturated carbocycles. The second-order valence-corrected chi connectivity index (χ2v) is 7.95. The van der Waals surface area contributed by atoms with Crippen LogP contribution in [0.15, 0.2) is 57.3 Å². The van der Waals surface area contributed by atoms with E-state index in [0.29, 0.717) is 0 Å². The van der Waals surface area contributed by atoms with E-state index >= 15 is 0 Å². The summed E-state index contributed by atoms with van der Waals surface area (Å²) < 4.78 is 24.8. The number of benzene rings is 1. The van der Waals surface area contributed by atoms with Crippen LogP contribution in [0.3, 0.4) is 0 Å². The average molecular weight is 333 g/mol. The van der Waals surface area contributed by atoms with Gasteiger partial charge in [-0.1, -0.05) is 30.3 Å². The van der Waals surface area contributed by atoms with Crippen molar-refractivity contribution in [2.75, 3.05) is 5.75 Å². The topological polar surface area (TPSA) is 94.3 Å². The molecule has 0 radical (unpaired) electrons. The Kier molecular flexibility index (Phi) is 3.46. The van der Waals surface area contributed by atoms with E-state index in [9.17, 15) is 18.0 Å². The maximum absolute atomic E-state index is 12.5. The number of ketones is 2. The molecule has 1 heterocycles. The summed E-state index contributed by atoms with van der Waals surface area (Å²) in [5, 5.41) is 1.63. The van der Waals surface area contributed by atoms with E-state index in [-0.39, 0.29) is 26.6 Å². The molecular formula is C15H11NO4S2. The summed E-state index contributed by atoms with van der Waals surface area (Å²) in [5.41, 5.74) is 5.70. The third-order valence-corrected chi connectivity index (χ3v) is 6.53. The molecule has 0 bridgehead atoms. The lowest BCUT2D eigenvalue weighted by atomic mass is 9.88. The van der Waals surface area contributed by atoms with Crippen LogP contribution in [0, 0.1) is 0 Å². The number of thiophene rings is 1. The van der Waals surface area contributed by atoms with E-state index in [1.54, 1.807) is 23.6 Å². The predicted molar refractivity (Wildman–Crippen MR) is 82.7 cm³/mol. The minimum atomic E-state index is -3.70. The average Bonchev–Trinajstić information content (AvgIpc) is 3.05. The summed E-state index contributed by atoms with van der Waals surface area (Å²) in [6, 6.07) is 9.33. The van der Waals surface area contributed by atoms with Crippen LogP contribution in [-0.4, -0.2) is 25.7 Å². The Morgan fingerprint density at radius 1 is 0.955 bits per heavy atom. The summed E-state index contributed by atoms with van der Waals surface area (Å²) in [4.78, 5) is 24.7. The molecule has 1 aliphatic carbocycles. The maximum Gasteiger partial charge on any atom is 0.209 e. The Bertz CT molecular complexity index is 909. The number of carbonyl (C=O) groups excluding carboxylic acids is 2. The van der Waals surface area contributed by atoms with E-state index in [2.05, 4.69) is 0 Å². The van der Waals surface area contributed by atoms with Crippen LogP contribution >= 0.6 is 11.3 Å². The summed E-state index contributed by atoms with van der Waals surface area (Å²) in [5.74, 6) is -1.59. The number of carbonyl (C=O) groups is 2. The second kappa shape index (κ2) is 5.19. The summed E-state index contributed by atoms with van der Waals surface area (Å²) >= 11 is 1.06. The van der Waals surface area contributed by atoms with Gasteiger partial charge in [0.15, 0.2) is 15.6 Å². The molecule has 0 saturated heterocycles. The van der Waals surface area contributed by atoms with Crippen molar-refractivity contribution in [3.8, 4) is 0 Å². The third-order valence-electron chi connectivity index (χ3n) is 3.40. The maximum atomic E-state index is 12.5. The Morgan fingerprint density at radius 3 is 2.18 bits per heavy atom. The molecule has 2 N–H and O–H groups in total. The Balaban J connectivity index is 2.07. The van der Waals surface area contributed by atoms with Crippen LogP contribution in [0.2, 0.25) is 0 Å². The highest BCUT2D eigenvalue weighted by atomic mass is 32.2. The highest BCUT2D eigenvalue weighted by Gasteiger charge is 2.33. The molecule has 22 heavy (non-hydrogen) atoms. The lowest BCUT2D eigenvalue weighted by Crippen LogP contribution is -2.29. The van der Waals surface area contributed by atoms with Gasteiger partial charge in [0, 0.05) is 16.7 Å². The SMILES string of the molecule is NC1=C(CS(=O)(=O)c2cccs2)C(=O)c2ccccc2C1=O.